The Bertz CT molecular complexity index is 403. The standard InChI is InChI=1S/C15H23FN2/c1-12-4-5-14(15(2,3)16)10-13(12)11-18-8-6-17-7-9-18/h4-5,10,17H,6-9,11H2,1-3H3. The lowest BCUT2D eigenvalue weighted by Crippen LogP contribution is -2.43. The fraction of sp³-hybridized carbons (Fsp3) is 0.600. The molecule has 2 rings (SSSR count). The molecule has 1 fully saturated rings. The zero-order valence-corrected chi connectivity index (χ0v) is 11.6. The third-order valence-electron chi connectivity index (χ3n) is 3.64. The molecule has 0 aromatic heterocycles. The maximum atomic E-state index is 14.0. The van der Waals surface area contributed by atoms with Crippen molar-refractivity contribution in [2.24, 2.45) is 0 Å². The third-order valence-corrected chi connectivity index (χ3v) is 3.64. The van der Waals surface area contributed by atoms with Crippen LogP contribution in [0.15, 0.2) is 18.2 Å². The average molecular weight is 250 g/mol. The maximum Gasteiger partial charge on any atom is 0.130 e. The smallest absolute Gasteiger partial charge is 0.130 e. The first-order valence-electron chi connectivity index (χ1n) is 6.69. The molecule has 0 bridgehead atoms. The molecule has 0 aliphatic carbocycles. The number of hydrogen-bond donors (Lipinski definition) is 1. The molecule has 0 amide bonds. The first kappa shape index (κ1) is 13.5. The molecule has 1 aromatic carbocycles. The molecule has 0 saturated carbocycles. The zero-order valence-electron chi connectivity index (χ0n) is 11.6. The molecule has 1 heterocycles. The molecule has 1 aromatic rings. The van der Waals surface area contributed by atoms with E-state index in [4.69, 9.17) is 0 Å². The second-order valence-electron chi connectivity index (χ2n) is 5.64. The molecule has 1 aliphatic heterocycles. The summed E-state index contributed by atoms with van der Waals surface area (Å²) >= 11 is 0. The minimum Gasteiger partial charge on any atom is -0.314 e. The summed E-state index contributed by atoms with van der Waals surface area (Å²) in [6.07, 6.45) is 0. The van der Waals surface area contributed by atoms with Gasteiger partial charge in [0.15, 0.2) is 0 Å². The Morgan fingerprint density at radius 3 is 2.56 bits per heavy atom. The van der Waals surface area contributed by atoms with Crippen molar-refractivity contribution in [3.63, 3.8) is 0 Å². The summed E-state index contributed by atoms with van der Waals surface area (Å²) in [5.74, 6) is 0. The van der Waals surface area contributed by atoms with E-state index in [-0.39, 0.29) is 0 Å². The highest BCUT2D eigenvalue weighted by molar-refractivity contribution is 5.33. The SMILES string of the molecule is Cc1ccc(C(C)(C)F)cc1CN1CCNCC1. The molecule has 3 heteroatoms. The molecule has 0 spiro atoms. The predicted molar refractivity (Wildman–Crippen MR) is 73.5 cm³/mol. The van der Waals surface area contributed by atoms with Crippen LogP contribution in [0.1, 0.15) is 30.5 Å². The second kappa shape index (κ2) is 5.37. The van der Waals surface area contributed by atoms with Crippen molar-refractivity contribution in [1.82, 2.24) is 10.2 Å². The molecule has 2 nitrogen and oxygen atoms in total. The quantitative estimate of drug-likeness (QED) is 0.887. The fourth-order valence-corrected chi connectivity index (χ4v) is 2.32. The number of piperazine rings is 1. The van der Waals surface area contributed by atoms with Crippen LogP contribution in [0, 0.1) is 6.92 Å². The molecular weight excluding hydrogens is 227 g/mol. The highest BCUT2D eigenvalue weighted by Gasteiger charge is 2.20. The number of halogens is 1. The van der Waals surface area contributed by atoms with Crippen LogP contribution in [0.2, 0.25) is 0 Å². The van der Waals surface area contributed by atoms with Gasteiger partial charge in [0.25, 0.3) is 0 Å². The molecule has 1 aliphatic rings. The molecular formula is C15H23FN2. The Morgan fingerprint density at radius 2 is 1.94 bits per heavy atom. The Hall–Kier alpha value is -0.930. The van der Waals surface area contributed by atoms with E-state index in [0.29, 0.717) is 0 Å². The lowest BCUT2D eigenvalue weighted by molar-refractivity contribution is 0.219. The predicted octanol–water partition coefficient (Wildman–Crippen LogP) is 2.60. The van der Waals surface area contributed by atoms with E-state index in [9.17, 15) is 4.39 Å². The van der Waals surface area contributed by atoms with Crippen LogP contribution < -0.4 is 5.32 Å². The summed E-state index contributed by atoms with van der Waals surface area (Å²) < 4.78 is 14.0. The van der Waals surface area contributed by atoms with Gasteiger partial charge < -0.3 is 5.32 Å². The van der Waals surface area contributed by atoms with Gasteiger partial charge in [0.1, 0.15) is 5.67 Å². The van der Waals surface area contributed by atoms with E-state index >= 15 is 0 Å². The van der Waals surface area contributed by atoms with E-state index in [1.165, 1.54) is 11.1 Å². The fourth-order valence-electron chi connectivity index (χ4n) is 2.32. The number of benzene rings is 1. The topological polar surface area (TPSA) is 15.3 Å². The first-order chi connectivity index (χ1) is 8.47. The van der Waals surface area contributed by atoms with Crippen molar-refractivity contribution < 1.29 is 4.39 Å². The van der Waals surface area contributed by atoms with Gasteiger partial charge in [-0.1, -0.05) is 18.2 Å². The van der Waals surface area contributed by atoms with Crippen molar-refractivity contribution in [2.75, 3.05) is 26.2 Å². The summed E-state index contributed by atoms with van der Waals surface area (Å²) in [6.45, 7) is 10.5. The summed E-state index contributed by atoms with van der Waals surface area (Å²) in [7, 11) is 0. The molecule has 1 N–H and O–H groups in total. The number of hydrogen-bond acceptors (Lipinski definition) is 2. The summed E-state index contributed by atoms with van der Waals surface area (Å²) in [6, 6.07) is 5.96. The first-order valence-corrected chi connectivity index (χ1v) is 6.69. The van der Waals surface area contributed by atoms with Crippen molar-refractivity contribution >= 4 is 0 Å². The van der Waals surface area contributed by atoms with E-state index in [1.54, 1.807) is 13.8 Å². The highest BCUT2D eigenvalue weighted by atomic mass is 19.1. The van der Waals surface area contributed by atoms with E-state index in [2.05, 4.69) is 17.1 Å². The van der Waals surface area contributed by atoms with Crippen LogP contribution in [0.4, 0.5) is 4.39 Å². The second-order valence-corrected chi connectivity index (χ2v) is 5.64. The molecule has 100 valence electrons. The lowest BCUT2D eigenvalue weighted by Gasteiger charge is -2.28. The summed E-state index contributed by atoms with van der Waals surface area (Å²) in [4.78, 5) is 2.42. The van der Waals surface area contributed by atoms with E-state index in [1.807, 2.05) is 18.2 Å². The Kier molecular flexibility index (Phi) is 4.03. The number of aryl methyl sites for hydroxylation is 1. The zero-order chi connectivity index (χ0) is 13.2. The average Bonchev–Trinajstić information content (AvgIpc) is 2.32. The highest BCUT2D eigenvalue weighted by Crippen LogP contribution is 2.26. The monoisotopic (exact) mass is 250 g/mol. The summed E-state index contributed by atoms with van der Waals surface area (Å²) in [5.41, 5.74) is 2.02. The van der Waals surface area contributed by atoms with Crippen LogP contribution >= 0.6 is 0 Å². The number of rotatable bonds is 3. The van der Waals surface area contributed by atoms with Gasteiger partial charge in [-0.05, 0) is 37.5 Å². The molecule has 0 atom stereocenters. The minimum absolute atomic E-state index is 0.776. The molecule has 18 heavy (non-hydrogen) atoms. The van der Waals surface area contributed by atoms with Gasteiger partial charge in [0, 0.05) is 32.7 Å². The lowest BCUT2D eigenvalue weighted by atomic mass is 9.95. The molecule has 1 saturated heterocycles. The van der Waals surface area contributed by atoms with Crippen molar-refractivity contribution in [3.8, 4) is 0 Å². The van der Waals surface area contributed by atoms with Gasteiger partial charge >= 0.3 is 0 Å². The Balaban J connectivity index is 2.15. The number of alkyl halides is 1. The summed E-state index contributed by atoms with van der Waals surface area (Å²) in [5, 5.41) is 3.35. The third kappa shape index (κ3) is 3.30. The van der Waals surface area contributed by atoms with Crippen molar-refractivity contribution in [1.29, 1.82) is 0 Å². The van der Waals surface area contributed by atoms with Gasteiger partial charge in [-0.2, -0.15) is 0 Å². The molecule has 0 unspecified atom stereocenters. The number of nitrogens with zero attached hydrogens (tertiary/aromatic N) is 1. The van der Waals surface area contributed by atoms with Crippen molar-refractivity contribution in [2.45, 2.75) is 33.0 Å². The van der Waals surface area contributed by atoms with Crippen LogP contribution in [-0.4, -0.2) is 31.1 Å². The van der Waals surface area contributed by atoms with Crippen LogP contribution in [0.5, 0.6) is 0 Å². The van der Waals surface area contributed by atoms with Gasteiger partial charge in [-0.25, -0.2) is 4.39 Å². The van der Waals surface area contributed by atoms with Gasteiger partial charge in [0.2, 0.25) is 0 Å². The largest absolute Gasteiger partial charge is 0.314 e. The Morgan fingerprint density at radius 1 is 1.28 bits per heavy atom. The molecule has 0 radical (unpaired) electrons. The normalized spacial score (nSPS) is 18.0. The van der Waals surface area contributed by atoms with Crippen molar-refractivity contribution in [3.05, 3.63) is 34.9 Å². The van der Waals surface area contributed by atoms with Gasteiger partial charge in [0.05, 0.1) is 0 Å². The van der Waals surface area contributed by atoms with Crippen LogP contribution in [0.25, 0.3) is 0 Å². The van der Waals surface area contributed by atoms with Gasteiger partial charge in [-0.15, -0.1) is 0 Å². The van der Waals surface area contributed by atoms with Crippen LogP contribution in [0.3, 0.4) is 0 Å². The van der Waals surface area contributed by atoms with Gasteiger partial charge in [-0.3, -0.25) is 4.90 Å². The van der Waals surface area contributed by atoms with Crippen LogP contribution in [-0.2, 0) is 12.2 Å². The Labute approximate surface area is 109 Å². The van der Waals surface area contributed by atoms with E-state index in [0.717, 1.165) is 38.3 Å². The minimum atomic E-state index is -1.26. The van der Waals surface area contributed by atoms with E-state index < -0.39 is 5.67 Å². The number of nitrogens with one attached hydrogen (secondary N) is 1. The maximum absolute atomic E-state index is 14.0.